The van der Waals surface area contributed by atoms with E-state index in [1.807, 2.05) is 29.2 Å². The minimum absolute atomic E-state index is 0.0257. The summed E-state index contributed by atoms with van der Waals surface area (Å²) < 4.78 is 5.05. The second-order valence-corrected chi connectivity index (χ2v) is 8.31. The fourth-order valence-corrected chi connectivity index (χ4v) is 4.75. The molecule has 2 aliphatic rings. The average Bonchev–Trinajstić information content (AvgIpc) is 2.79. The number of hydrogen-bond acceptors (Lipinski definition) is 8. The van der Waals surface area contributed by atoms with Crippen molar-refractivity contribution in [3.05, 3.63) is 29.8 Å². The van der Waals surface area contributed by atoms with Crippen molar-refractivity contribution < 1.29 is 24.6 Å². The lowest BCUT2D eigenvalue weighted by atomic mass is 9.87. The lowest BCUT2D eigenvalue weighted by Crippen LogP contribution is -2.57. The van der Waals surface area contributed by atoms with Crippen LogP contribution in [0.5, 0.6) is 0 Å². The summed E-state index contributed by atoms with van der Waals surface area (Å²) in [6, 6.07) is 7.78. The molecule has 10 heteroatoms. The number of piperidine rings is 1. The number of benzene rings is 1. The predicted molar refractivity (Wildman–Crippen MR) is 120 cm³/mol. The summed E-state index contributed by atoms with van der Waals surface area (Å²) in [5.41, 5.74) is 7.37. The number of rotatable bonds is 8. The molecule has 1 aromatic carbocycles. The van der Waals surface area contributed by atoms with Crippen LogP contribution in [-0.4, -0.2) is 96.3 Å². The number of amidine groups is 1. The van der Waals surface area contributed by atoms with Crippen molar-refractivity contribution in [2.75, 3.05) is 57.3 Å². The van der Waals surface area contributed by atoms with E-state index in [-0.39, 0.29) is 36.7 Å². The zero-order valence-electron chi connectivity index (χ0n) is 18.5. The Bertz CT molecular complexity index is 807. The van der Waals surface area contributed by atoms with Crippen LogP contribution in [0.15, 0.2) is 29.4 Å². The van der Waals surface area contributed by atoms with Crippen LogP contribution in [0.4, 0.5) is 5.69 Å². The summed E-state index contributed by atoms with van der Waals surface area (Å²) in [5, 5.41) is 21.3. The van der Waals surface area contributed by atoms with Gasteiger partial charge in [-0.05, 0) is 43.5 Å². The van der Waals surface area contributed by atoms with E-state index < -0.39 is 5.97 Å². The molecule has 2 atom stereocenters. The number of nitrogens with two attached hydrogens (primary N) is 1. The largest absolute Gasteiger partial charge is 0.481 e. The summed E-state index contributed by atoms with van der Waals surface area (Å²) in [6.07, 6.45) is 0.936. The molecule has 2 heterocycles. The van der Waals surface area contributed by atoms with E-state index >= 15 is 0 Å². The first-order chi connectivity index (χ1) is 15.4. The van der Waals surface area contributed by atoms with Crippen molar-refractivity contribution in [3.8, 4) is 0 Å². The molecule has 0 amide bonds. The minimum Gasteiger partial charge on any atom is -0.481 e. The first-order valence-electron chi connectivity index (χ1n) is 11.1. The Labute approximate surface area is 188 Å². The molecule has 2 aliphatic heterocycles. The van der Waals surface area contributed by atoms with E-state index in [1.165, 1.54) is 0 Å². The highest BCUT2D eigenvalue weighted by Crippen LogP contribution is 2.27. The van der Waals surface area contributed by atoms with Crippen LogP contribution in [0.1, 0.15) is 25.3 Å². The normalized spacial score (nSPS) is 23.2. The highest BCUT2D eigenvalue weighted by atomic mass is 16.5. The topological polar surface area (TPSA) is 132 Å². The quantitative estimate of drug-likeness (QED) is 0.173. The van der Waals surface area contributed by atoms with Gasteiger partial charge in [0.15, 0.2) is 5.84 Å². The number of piperazine rings is 1. The van der Waals surface area contributed by atoms with Crippen molar-refractivity contribution >= 4 is 23.5 Å². The van der Waals surface area contributed by atoms with Gasteiger partial charge in [-0.2, -0.15) is 0 Å². The average molecular weight is 448 g/mol. The van der Waals surface area contributed by atoms with Gasteiger partial charge in [0.05, 0.1) is 19.6 Å². The molecule has 0 aromatic heterocycles. The van der Waals surface area contributed by atoms with E-state index in [2.05, 4.69) is 15.0 Å². The molecule has 10 nitrogen and oxygen atoms in total. The molecule has 4 N–H and O–H groups in total. The van der Waals surface area contributed by atoms with Gasteiger partial charge in [0.2, 0.25) is 0 Å². The van der Waals surface area contributed by atoms with Gasteiger partial charge in [-0.1, -0.05) is 5.16 Å². The summed E-state index contributed by atoms with van der Waals surface area (Å²) in [5.74, 6) is -1.00. The Balaban J connectivity index is 1.58. The number of carboxylic acid groups (broad SMARTS) is 1. The lowest BCUT2D eigenvalue weighted by molar-refractivity contribution is -0.145. The number of anilines is 1. The number of aliphatic carboxylic acids is 1. The summed E-state index contributed by atoms with van der Waals surface area (Å²) in [6.45, 7) is 7.07. The van der Waals surface area contributed by atoms with Crippen LogP contribution in [0.25, 0.3) is 0 Å². The maximum atomic E-state index is 11.8. The number of hydrogen-bond donors (Lipinski definition) is 3. The van der Waals surface area contributed by atoms with Gasteiger partial charge in [-0.3, -0.25) is 19.4 Å². The predicted octanol–water partition coefficient (Wildman–Crippen LogP) is 0.631. The standard InChI is InChI=1S/C22H33N5O5/c1-2-32-21(30)15-25-8-7-19(17(14-25)13-20(28)29)27-11-9-26(10-12-27)18-5-3-16(4-6-18)22(23)24-31/h3-6,17,19,31H,2,7-15H2,1H3,(H2,23,24)(H,28,29)/t17-,19+/m1/s1. The fourth-order valence-electron chi connectivity index (χ4n) is 4.75. The Morgan fingerprint density at radius 1 is 1.16 bits per heavy atom. The highest BCUT2D eigenvalue weighted by Gasteiger charge is 2.36. The minimum atomic E-state index is -0.803. The third-order valence-electron chi connectivity index (χ3n) is 6.29. The molecule has 32 heavy (non-hydrogen) atoms. The van der Waals surface area contributed by atoms with Crippen LogP contribution in [0.2, 0.25) is 0 Å². The molecule has 0 spiro atoms. The van der Waals surface area contributed by atoms with Crippen molar-refractivity contribution in [1.29, 1.82) is 0 Å². The second-order valence-electron chi connectivity index (χ2n) is 8.31. The zero-order chi connectivity index (χ0) is 23.1. The maximum absolute atomic E-state index is 11.8. The number of ether oxygens (including phenoxy) is 1. The van der Waals surface area contributed by atoms with Gasteiger partial charge in [0, 0.05) is 56.6 Å². The summed E-state index contributed by atoms with van der Waals surface area (Å²) in [7, 11) is 0. The van der Waals surface area contributed by atoms with E-state index in [0.29, 0.717) is 18.7 Å². The van der Waals surface area contributed by atoms with Gasteiger partial charge >= 0.3 is 11.9 Å². The van der Waals surface area contributed by atoms with E-state index in [9.17, 15) is 14.7 Å². The van der Waals surface area contributed by atoms with Gasteiger partial charge in [0.1, 0.15) is 0 Å². The van der Waals surface area contributed by atoms with Gasteiger partial charge in [-0.25, -0.2) is 0 Å². The number of nitrogens with zero attached hydrogens (tertiary/aromatic N) is 4. The molecule has 0 aliphatic carbocycles. The number of likely N-dealkylation sites (tertiary alicyclic amines) is 1. The zero-order valence-corrected chi connectivity index (χ0v) is 18.5. The van der Waals surface area contributed by atoms with Crippen molar-refractivity contribution in [2.24, 2.45) is 16.8 Å². The van der Waals surface area contributed by atoms with E-state index in [1.54, 1.807) is 6.92 Å². The van der Waals surface area contributed by atoms with E-state index in [0.717, 1.165) is 44.8 Å². The number of carbonyl (C=O) groups excluding carboxylic acids is 1. The third kappa shape index (κ3) is 6.10. The number of esters is 1. The van der Waals surface area contributed by atoms with Crippen molar-refractivity contribution in [1.82, 2.24) is 9.80 Å². The molecule has 0 saturated carbocycles. The van der Waals surface area contributed by atoms with Gasteiger partial charge < -0.3 is 25.7 Å². The molecular weight excluding hydrogens is 414 g/mol. The molecule has 0 unspecified atom stereocenters. The Hall–Kier alpha value is -2.85. The summed E-state index contributed by atoms with van der Waals surface area (Å²) >= 11 is 0. The van der Waals surface area contributed by atoms with Crippen molar-refractivity contribution in [2.45, 2.75) is 25.8 Å². The van der Waals surface area contributed by atoms with Crippen LogP contribution in [-0.2, 0) is 14.3 Å². The molecule has 3 rings (SSSR count). The molecule has 0 radical (unpaired) electrons. The number of oxime groups is 1. The Morgan fingerprint density at radius 2 is 1.84 bits per heavy atom. The smallest absolute Gasteiger partial charge is 0.320 e. The van der Waals surface area contributed by atoms with Crippen LogP contribution in [0, 0.1) is 5.92 Å². The first-order valence-corrected chi connectivity index (χ1v) is 11.1. The molecule has 2 fully saturated rings. The third-order valence-corrected chi connectivity index (χ3v) is 6.29. The highest BCUT2D eigenvalue weighted by molar-refractivity contribution is 5.97. The molecule has 2 saturated heterocycles. The number of carbonyl (C=O) groups is 2. The first kappa shape index (κ1) is 23.8. The van der Waals surface area contributed by atoms with Gasteiger partial charge in [0.25, 0.3) is 0 Å². The molecule has 176 valence electrons. The van der Waals surface area contributed by atoms with Crippen LogP contribution >= 0.6 is 0 Å². The second kappa shape index (κ2) is 11.1. The SMILES string of the molecule is CCOC(=O)CN1CC[C@H](N2CCN(c3ccc(C(N)=NO)cc3)CC2)[C@H](CC(=O)O)C1. The maximum Gasteiger partial charge on any atom is 0.320 e. The van der Waals surface area contributed by atoms with Gasteiger partial charge in [-0.15, -0.1) is 0 Å². The molecule has 1 aromatic rings. The number of carboxylic acids is 1. The Kier molecular flexibility index (Phi) is 8.29. The Morgan fingerprint density at radius 3 is 2.44 bits per heavy atom. The summed E-state index contributed by atoms with van der Waals surface area (Å²) in [4.78, 5) is 30.0. The van der Waals surface area contributed by atoms with Crippen LogP contribution < -0.4 is 10.6 Å². The lowest BCUT2D eigenvalue weighted by Gasteiger charge is -2.46. The molecular formula is C22H33N5O5. The molecule has 0 bridgehead atoms. The fraction of sp³-hybridized carbons (Fsp3) is 0.591. The van der Waals surface area contributed by atoms with Crippen LogP contribution in [0.3, 0.4) is 0 Å². The monoisotopic (exact) mass is 447 g/mol. The van der Waals surface area contributed by atoms with Crippen molar-refractivity contribution in [3.63, 3.8) is 0 Å². The van der Waals surface area contributed by atoms with E-state index in [4.69, 9.17) is 15.7 Å².